The minimum atomic E-state index is -1.95. The molecule has 11 atom stereocenters. The van der Waals surface area contributed by atoms with Crippen LogP contribution in [0.4, 0.5) is 0 Å². The number of hydrogen-bond acceptors (Lipinski definition) is 13. The largest absolute Gasteiger partial charge is 0.457 e. The topological polar surface area (TPSA) is 201 Å². The normalized spacial score (nSPS) is 31.0. The van der Waals surface area contributed by atoms with Gasteiger partial charge >= 0.3 is 23.9 Å². The van der Waals surface area contributed by atoms with E-state index in [-0.39, 0.29) is 36.2 Å². The van der Waals surface area contributed by atoms with Crippen LogP contribution >= 0.6 is 0 Å². The Kier molecular flexibility index (Phi) is 11.7. The Morgan fingerprint density at radius 2 is 1.43 bits per heavy atom. The summed E-state index contributed by atoms with van der Waals surface area (Å²) in [5.74, 6) is -8.56. The second-order valence-electron chi connectivity index (χ2n) is 16.6. The fourth-order valence-corrected chi connectivity index (χ4v) is 10.2. The molecule has 61 heavy (non-hydrogen) atoms. The number of Topliss-reactive ketones (excluding diaryl/α,β-unsaturated/α-hetero) is 1. The molecule has 0 spiro atoms. The van der Waals surface area contributed by atoms with Crippen molar-refractivity contribution in [2.24, 2.45) is 22.7 Å². The van der Waals surface area contributed by atoms with Crippen molar-refractivity contribution in [3.8, 4) is 0 Å². The van der Waals surface area contributed by atoms with Crippen molar-refractivity contribution in [3.63, 3.8) is 0 Å². The molecule has 2 bridgehead atoms. The molecule has 3 aromatic rings. The molecular formula is C47H49NO13. The highest BCUT2D eigenvalue weighted by Gasteiger charge is 2.76. The fourth-order valence-electron chi connectivity index (χ4n) is 10.2. The highest BCUT2D eigenvalue weighted by atomic mass is 16.7. The van der Waals surface area contributed by atoms with E-state index < -0.39 is 101 Å². The van der Waals surface area contributed by atoms with Gasteiger partial charge in [0.15, 0.2) is 18.0 Å². The molecule has 2 saturated carbocycles. The van der Waals surface area contributed by atoms with Gasteiger partial charge in [0, 0.05) is 38.2 Å². The van der Waals surface area contributed by atoms with Gasteiger partial charge in [0.2, 0.25) is 5.79 Å². The van der Waals surface area contributed by atoms with Gasteiger partial charge in [-0.05, 0) is 67.7 Å². The van der Waals surface area contributed by atoms with E-state index in [4.69, 9.17) is 23.7 Å². The van der Waals surface area contributed by atoms with E-state index in [1.807, 2.05) is 0 Å². The third kappa shape index (κ3) is 7.36. The molecule has 3 aromatic carbocycles. The van der Waals surface area contributed by atoms with E-state index >= 15 is 4.79 Å². The number of ketones is 1. The van der Waals surface area contributed by atoms with Crippen molar-refractivity contribution in [2.45, 2.75) is 89.8 Å². The van der Waals surface area contributed by atoms with Crippen LogP contribution in [0.5, 0.6) is 0 Å². The molecule has 3 fully saturated rings. The minimum absolute atomic E-state index is 0.0661. The van der Waals surface area contributed by atoms with Crippen LogP contribution in [-0.4, -0.2) is 88.7 Å². The molecule has 2 unspecified atom stereocenters. The molecule has 1 amide bonds. The smallest absolute Gasteiger partial charge is 0.338 e. The van der Waals surface area contributed by atoms with Crippen LogP contribution in [-0.2, 0) is 42.9 Å². The van der Waals surface area contributed by atoms with Crippen LogP contribution in [0, 0.1) is 22.7 Å². The molecule has 320 valence electrons. The lowest BCUT2D eigenvalue weighted by atomic mass is 9.54. The van der Waals surface area contributed by atoms with E-state index in [1.165, 1.54) is 6.92 Å². The Hall–Kier alpha value is -5.96. The van der Waals surface area contributed by atoms with Gasteiger partial charge in [0.1, 0.15) is 18.3 Å². The molecule has 14 nitrogen and oxygen atoms in total. The molecule has 3 aliphatic carbocycles. The number of aliphatic hydroxyl groups is 2. The van der Waals surface area contributed by atoms with Crippen molar-refractivity contribution in [3.05, 3.63) is 131 Å². The Labute approximate surface area is 352 Å². The average Bonchev–Trinajstić information content (AvgIpc) is 3.75. The number of nitrogens with one attached hydrogen (secondary N) is 1. The summed E-state index contributed by atoms with van der Waals surface area (Å²) < 4.78 is 30.4. The summed E-state index contributed by atoms with van der Waals surface area (Å²) in [4.78, 5) is 82.8. The van der Waals surface area contributed by atoms with Gasteiger partial charge in [0.25, 0.3) is 5.91 Å². The van der Waals surface area contributed by atoms with Gasteiger partial charge in [0.05, 0.1) is 29.0 Å². The van der Waals surface area contributed by atoms with Crippen molar-refractivity contribution < 1.29 is 62.7 Å². The predicted octanol–water partition coefficient (Wildman–Crippen LogP) is 4.75. The third-order valence-electron chi connectivity index (χ3n) is 12.9. The number of amides is 1. The maximum Gasteiger partial charge on any atom is 0.338 e. The molecule has 1 saturated heterocycles. The van der Waals surface area contributed by atoms with Gasteiger partial charge < -0.3 is 39.2 Å². The second kappa shape index (κ2) is 16.5. The Bertz CT molecular complexity index is 2280. The van der Waals surface area contributed by atoms with Crippen LogP contribution in [0.1, 0.15) is 79.8 Å². The summed E-state index contributed by atoms with van der Waals surface area (Å²) in [6.45, 7) is 11.2. The third-order valence-corrected chi connectivity index (χ3v) is 12.9. The zero-order chi connectivity index (χ0) is 44.0. The number of aliphatic hydroxyl groups excluding tert-OH is 2. The molecule has 0 aromatic heterocycles. The molecule has 3 N–H and O–H groups in total. The van der Waals surface area contributed by atoms with E-state index in [2.05, 4.69) is 11.9 Å². The summed E-state index contributed by atoms with van der Waals surface area (Å²) in [6, 6.07) is 23.6. The highest BCUT2D eigenvalue weighted by Crippen LogP contribution is 2.66. The van der Waals surface area contributed by atoms with Crippen LogP contribution in [0.25, 0.3) is 0 Å². The van der Waals surface area contributed by atoms with Crippen molar-refractivity contribution in [1.29, 1.82) is 0 Å². The van der Waals surface area contributed by atoms with Crippen molar-refractivity contribution in [1.82, 2.24) is 5.32 Å². The van der Waals surface area contributed by atoms with E-state index in [9.17, 15) is 34.2 Å². The van der Waals surface area contributed by atoms with Crippen LogP contribution in [0.15, 0.2) is 114 Å². The first-order chi connectivity index (χ1) is 29.0. The van der Waals surface area contributed by atoms with Gasteiger partial charge in [-0.25, -0.2) is 9.59 Å². The predicted molar refractivity (Wildman–Crippen MR) is 216 cm³/mol. The number of rotatable bonds is 11. The Morgan fingerprint density at radius 3 is 2.00 bits per heavy atom. The first-order valence-corrected chi connectivity index (χ1v) is 20.1. The number of esters is 4. The van der Waals surface area contributed by atoms with Crippen LogP contribution < -0.4 is 5.32 Å². The quantitative estimate of drug-likeness (QED) is 0.136. The zero-order valence-electron chi connectivity index (χ0n) is 34.5. The lowest BCUT2D eigenvalue weighted by Gasteiger charge is -2.53. The van der Waals surface area contributed by atoms with E-state index in [0.29, 0.717) is 16.7 Å². The highest BCUT2D eigenvalue weighted by molar-refractivity contribution is 5.97. The summed E-state index contributed by atoms with van der Waals surface area (Å²) in [7, 11) is 0. The molecule has 1 heterocycles. The maximum absolute atomic E-state index is 15.4. The Balaban J connectivity index is 1.35. The number of fused-ring (bicyclic) bond motifs is 5. The second-order valence-corrected chi connectivity index (χ2v) is 16.6. The fraction of sp³-hybridized carbons (Fsp3) is 0.404. The lowest BCUT2D eigenvalue weighted by molar-refractivity contribution is -0.280. The summed E-state index contributed by atoms with van der Waals surface area (Å²) in [6.07, 6.45) is -8.37. The molecule has 0 radical (unpaired) electrons. The van der Waals surface area contributed by atoms with Gasteiger partial charge in [-0.2, -0.15) is 0 Å². The monoisotopic (exact) mass is 835 g/mol. The summed E-state index contributed by atoms with van der Waals surface area (Å²) in [5.41, 5.74) is -1.93. The standard InChI is InChI=1S/C47H49NO13/c1-25(2)46-23-33(59-43(55)37(51)36(29-16-10-7-11-17-29)48-41(53)30-18-12-8-13-19-30)26(3)34(46)38(58-27(4)49)39(52)45(6)35(40(46)60-42(54)31-20-14-9-15-21-31)32-22-47(44(45)56,57-24-32)61-28(5)50/h7-21,32-33,35-38,40,44,51,56H,1,22-24H2,2-6H3,(H,48,53)/t32?,33-,35?,36-,37+,38+,40-,44+,45+,46-,47+/m0/s1. The van der Waals surface area contributed by atoms with E-state index in [1.54, 1.807) is 105 Å². The molecular weight excluding hydrogens is 787 g/mol. The maximum atomic E-state index is 15.4. The van der Waals surface area contributed by atoms with Gasteiger partial charge in [-0.3, -0.25) is 19.2 Å². The van der Waals surface area contributed by atoms with Crippen molar-refractivity contribution in [2.75, 3.05) is 6.61 Å². The number of hydrogen-bond donors (Lipinski definition) is 3. The van der Waals surface area contributed by atoms with E-state index in [0.717, 1.165) is 13.8 Å². The zero-order valence-corrected chi connectivity index (χ0v) is 34.5. The van der Waals surface area contributed by atoms with Gasteiger partial charge in [-0.15, -0.1) is 0 Å². The Morgan fingerprint density at radius 1 is 0.836 bits per heavy atom. The number of carbonyl (C=O) groups excluding carboxylic acids is 6. The molecule has 4 aliphatic rings. The van der Waals surface area contributed by atoms with Crippen molar-refractivity contribution >= 4 is 35.6 Å². The summed E-state index contributed by atoms with van der Waals surface area (Å²) >= 11 is 0. The first kappa shape index (κ1) is 43.1. The SMILES string of the molecule is C=C(C)[C@@]12C[C@H](OC(=O)[C@H](O)[C@@H](NC(=O)c3ccccc3)c3ccccc3)C(C)=C1[C@@H](OC(C)=O)C(=O)[C@@]1(C)C(C3CO[C@@](OC(C)=O)(C3)[C@@H]1O)[C@@H]2OC(=O)c1ccccc1. The van der Waals surface area contributed by atoms with Crippen LogP contribution in [0.2, 0.25) is 0 Å². The van der Waals surface area contributed by atoms with Crippen LogP contribution in [0.3, 0.4) is 0 Å². The number of benzene rings is 3. The minimum Gasteiger partial charge on any atom is -0.457 e. The van der Waals surface area contributed by atoms with Gasteiger partial charge in [-0.1, -0.05) is 78.9 Å². The average molecular weight is 836 g/mol. The molecule has 1 aliphatic heterocycles. The molecule has 7 rings (SSSR count). The summed E-state index contributed by atoms with van der Waals surface area (Å²) in [5, 5.41) is 26.9. The molecule has 14 heteroatoms. The number of carbonyl (C=O) groups is 6. The lowest BCUT2D eigenvalue weighted by Crippen LogP contribution is -2.66. The number of ether oxygens (including phenoxy) is 5. The first-order valence-electron chi connectivity index (χ1n) is 20.1.